The zero-order valence-electron chi connectivity index (χ0n) is 9.37. The minimum absolute atomic E-state index is 0.113. The van der Waals surface area contributed by atoms with Crippen molar-refractivity contribution in [2.75, 3.05) is 7.11 Å². The molecule has 0 saturated carbocycles. The summed E-state index contributed by atoms with van der Waals surface area (Å²) in [7, 11) is 1.51. The molecule has 0 fully saturated rings. The number of rotatable bonds is 3. The van der Waals surface area contributed by atoms with E-state index in [1.807, 2.05) is 18.2 Å². The van der Waals surface area contributed by atoms with E-state index in [4.69, 9.17) is 4.74 Å². The second-order valence-electron chi connectivity index (χ2n) is 3.38. The summed E-state index contributed by atoms with van der Waals surface area (Å²) in [5, 5.41) is 9.44. The fourth-order valence-electron chi connectivity index (χ4n) is 1.35. The molecule has 0 aliphatic carbocycles. The molecule has 0 radical (unpaired) electrons. The summed E-state index contributed by atoms with van der Waals surface area (Å²) in [5.74, 6) is 1.18. The molecule has 0 aliphatic rings. The Balaban J connectivity index is 2.22. The molecule has 1 heterocycles. The molecule has 1 aromatic heterocycles. The molecule has 0 unspecified atom stereocenters. The second-order valence-corrected chi connectivity index (χ2v) is 3.38. The molecule has 4 nitrogen and oxygen atoms in total. The molecule has 4 heteroatoms. The average molecular weight is 228 g/mol. The summed E-state index contributed by atoms with van der Waals surface area (Å²) in [6, 6.07) is 10.6. The number of phenolic OH excluding ortho intramolecular Hbond substituents is 1. The summed E-state index contributed by atoms with van der Waals surface area (Å²) in [6.45, 7) is 0. The molecule has 0 spiro atoms. The van der Waals surface area contributed by atoms with E-state index in [-0.39, 0.29) is 5.75 Å². The highest BCUT2D eigenvalue weighted by atomic mass is 16.5. The number of aliphatic imine (C=N–C) groups is 1. The third-order valence-corrected chi connectivity index (χ3v) is 2.20. The summed E-state index contributed by atoms with van der Waals surface area (Å²) >= 11 is 0. The first-order valence-electron chi connectivity index (χ1n) is 5.11. The lowest BCUT2D eigenvalue weighted by atomic mass is 10.2. The second kappa shape index (κ2) is 5.12. The standard InChI is InChI=1S/C13H12N2O2/c1-17-12-8-10(5-6-11(12)16)9-15-13-4-2-3-7-14-13/h2-9,16H,1H3. The van der Waals surface area contributed by atoms with Gasteiger partial charge in [-0.1, -0.05) is 6.07 Å². The number of nitrogens with zero attached hydrogens (tertiary/aromatic N) is 2. The van der Waals surface area contributed by atoms with Gasteiger partial charge in [0.05, 0.1) is 7.11 Å². The zero-order valence-corrected chi connectivity index (χ0v) is 9.37. The average Bonchev–Trinajstić information content (AvgIpc) is 2.39. The van der Waals surface area contributed by atoms with Crippen LogP contribution in [0, 0.1) is 0 Å². The molecule has 1 aromatic carbocycles. The number of aromatic hydroxyl groups is 1. The molecule has 86 valence electrons. The molecule has 0 atom stereocenters. The predicted octanol–water partition coefficient (Wildman–Crippen LogP) is 2.55. The predicted molar refractivity (Wildman–Crippen MR) is 66.1 cm³/mol. The fourth-order valence-corrected chi connectivity index (χ4v) is 1.35. The van der Waals surface area contributed by atoms with Crippen LogP contribution >= 0.6 is 0 Å². The van der Waals surface area contributed by atoms with Gasteiger partial charge in [0.25, 0.3) is 0 Å². The fraction of sp³-hybridized carbons (Fsp3) is 0.0769. The minimum Gasteiger partial charge on any atom is -0.504 e. The highest BCUT2D eigenvalue weighted by molar-refractivity contribution is 5.82. The van der Waals surface area contributed by atoms with Gasteiger partial charge in [-0.3, -0.25) is 0 Å². The van der Waals surface area contributed by atoms with Gasteiger partial charge in [-0.25, -0.2) is 9.98 Å². The minimum atomic E-state index is 0.113. The van der Waals surface area contributed by atoms with Crippen LogP contribution in [-0.2, 0) is 0 Å². The lowest BCUT2D eigenvalue weighted by molar-refractivity contribution is 0.373. The maximum atomic E-state index is 9.44. The van der Waals surface area contributed by atoms with Gasteiger partial charge in [-0.05, 0) is 35.9 Å². The first-order valence-corrected chi connectivity index (χ1v) is 5.11. The van der Waals surface area contributed by atoms with E-state index in [0.717, 1.165) is 5.56 Å². The molecule has 2 rings (SSSR count). The molecule has 0 saturated heterocycles. The van der Waals surface area contributed by atoms with Crippen LogP contribution < -0.4 is 4.74 Å². The van der Waals surface area contributed by atoms with Crippen molar-refractivity contribution in [2.45, 2.75) is 0 Å². The Morgan fingerprint density at radius 2 is 2.18 bits per heavy atom. The number of aromatic nitrogens is 1. The Morgan fingerprint density at radius 3 is 2.88 bits per heavy atom. The van der Waals surface area contributed by atoms with Crippen LogP contribution in [0.2, 0.25) is 0 Å². The normalized spacial score (nSPS) is 10.6. The molecule has 0 amide bonds. The van der Waals surface area contributed by atoms with Crippen LogP contribution in [-0.4, -0.2) is 23.4 Å². The third kappa shape index (κ3) is 2.81. The van der Waals surface area contributed by atoms with Crippen LogP contribution in [0.4, 0.5) is 5.82 Å². The first-order chi connectivity index (χ1) is 8.29. The molecular formula is C13H12N2O2. The van der Waals surface area contributed by atoms with Crippen molar-refractivity contribution < 1.29 is 9.84 Å². The monoisotopic (exact) mass is 228 g/mol. The Hall–Kier alpha value is -2.36. The number of hydrogen-bond donors (Lipinski definition) is 1. The molecule has 17 heavy (non-hydrogen) atoms. The van der Waals surface area contributed by atoms with Crippen LogP contribution in [0.1, 0.15) is 5.56 Å². The zero-order chi connectivity index (χ0) is 12.1. The first kappa shape index (κ1) is 11.1. The van der Waals surface area contributed by atoms with E-state index < -0.39 is 0 Å². The Kier molecular flexibility index (Phi) is 3.35. The molecule has 2 aromatic rings. The van der Waals surface area contributed by atoms with Gasteiger partial charge in [0.1, 0.15) is 0 Å². The smallest absolute Gasteiger partial charge is 0.161 e. The van der Waals surface area contributed by atoms with Crippen molar-refractivity contribution in [1.82, 2.24) is 4.98 Å². The molecule has 0 aliphatic heterocycles. The van der Waals surface area contributed by atoms with Crippen molar-refractivity contribution in [1.29, 1.82) is 0 Å². The maximum Gasteiger partial charge on any atom is 0.161 e. The summed E-state index contributed by atoms with van der Waals surface area (Å²) in [5.41, 5.74) is 0.838. The van der Waals surface area contributed by atoms with E-state index >= 15 is 0 Å². The third-order valence-electron chi connectivity index (χ3n) is 2.20. The molecule has 1 N–H and O–H groups in total. The number of benzene rings is 1. The lowest BCUT2D eigenvalue weighted by Crippen LogP contribution is -1.87. The van der Waals surface area contributed by atoms with E-state index in [9.17, 15) is 5.11 Å². The van der Waals surface area contributed by atoms with Gasteiger partial charge in [-0.2, -0.15) is 0 Å². The van der Waals surface area contributed by atoms with Crippen molar-refractivity contribution in [3.05, 3.63) is 48.2 Å². The largest absolute Gasteiger partial charge is 0.504 e. The molecular weight excluding hydrogens is 216 g/mol. The van der Waals surface area contributed by atoms with Gasteiger partial charge >= 0.3 is 0 Å². The number of phenols is 1. The number of ether oxygens (including phenoxy) is 1. The van der Waals surface area contributed by atoms with Gasteiger partial charge in [0, 0.05) is 12.4 Å². The Morgan fingerprint density at radius 1 is 1.29 bits per heavy atom. The lowest BCUT2D eigenvalue weighted by Gasteiger charge is -2.03. The topological polar surface area (TPSA) is 54.7 Å². The van der Waals surface area contributed by atoms with Crippen LogP contribution in [0.15, 0.2) is 47.6 Å². The summed E-state index contributed by atoms with van der Waals surface area (Å²) in [4.78, 5) is 8.28. The SMILES string of the molecule is COc1cc(C=Nc2ccccn2)ccc1O. The number of hydrogen-bond acceptors (Lipinski definition) is 4. The Labute approximate surface area is 99.2 Å². The maximum absolute atomic E-state index is 9.44. The Bertz CT molecular complexity index is 524. The highest BCUT2D eigenvalue weighted by Gasteiger charge is 2.00. The van der Waals surface area contributed by atoms with Crippen LogP contribution in [0.3, 0.4) is 0 Å². The van der Waals surface area contributed by atoms with Gasteiger partial charge in [-0.15, -0.1) is 0 Å². The van der Waals surface area contributed by atoms with Crippen molar-refractivity contribution >= 4 is 12.0 Å². The van der Waals surface area contributed by atoms with E-state index in [1.54, 1.807) is 30.6 Å². The van der Waals surface area contributed by atoms with Crippen LogP contribution in [0.25, 0.3) is 0 Å². The highest BCUT2D eigenvalue weighted by Crippen LogP contribution is 2.25. The molecule has 0 bridgehead atoms. The van der Waals surface area contributed by atoms with Crippen molar-refractivity contribution in [2.24, 2.45) is 4.99 Å². The van der Waals surface area contributed by atoms with E-state index in [2.05, 4.69) is 9.98 Å². The number of pyridine rings is 1. The summed E-state index contributed by atoms with van der Waals surface area (Å²) < 4.78 is 5.01. The quantitative estimate of drug-likeness (QED) is 0.821. The van der Waals surface area contributed by atoms with E-state index in [1.165, 1.54) is 7.11 Å². The van der Waals surface area contributed by atoms with Gasteiger partial charge < -0.3 is 9.84 Å². The van der Waals surface area contributed by atoms with E-state index in [0.29, 0.717) is 11.6 Å². The van der Waals surface area contributed by atoms with Crippen molar-refractivity contribution in [3.8, 4) is 11.5 Å². The van der Waals surface area contributed by atoms with Gasteiger partial charge in [0.2, 0.25) is 0 Å². The number of methoxy groups -OCH3 is 1. The van der Waals surface area contributed by atoms with Crippen LogP contribution in [0.5, 0.6) is 11.5 Å². The van der Waals surface area contributed by atoms with Crippen molar-refractivity contribution in [3.63, 3.8) is 0 Å². The summed E-state index contributed by atoms with van der Waals surface area (Å²) in [6.07, 6.45) is 3.36. The van der Waals surface area contributed by atoms with Gasteiger partial charge in [0.15, 0.2) is 17.3 Å².